The van der Waals surface area contributed by atoms with E-state index in [0.29, 0.717) is 10.6 Å². The number of anilines is 1. The van der Waals surface area contributed by atoms with Crippen LogP contribution in [0.3, 0.4) is 0 Å². The van der Waals surface area contributed by atoms with Crippen molar-refractivity contribution < 1.29 is 14.3 Å². The van der Waals surface area contributed by atoms with E-state index in [-0.39, 0.29) is 17.9 Å². The maximum absolute atomic E-state index is 11.8. The molecule has 4 N–H and O–H groups in total. The summed E-state index contributed by atoms with van der Waals surface area (Å²) in [6, 6.07) is 3.54. The van der Waals surface area contributed by atoms with E-state index in [1.165, 1.54) is 19.2 Å². The molecule has 0 aliphatic carbocycles. The van der Waals surface area contributed by atoms with E-state index in [0.717, 1.165) is 0 Å². The molecule has 1 atom stereocenters. The lowest BCUT2D eigenvalue weighted by molar-refractivity contribution is -0.142. The molecule has 0 aliphatic heterocycles. The third-order valence-corrected chi connectivity index (χ3v) is 2.46. The highest BCUT2D eigenvalue weighted by Crippen LogP contribution is 2.19. The molecule has 0 fully saturated rings. The Balaban J connectivity index is 2.80. The number of esters is 1. The van der Waals surface area contributed by atoms with Crippen LogP contribution in [-0.4, -0.2) is 24.9 Å². The molecular formula is C11H13ClN2O3. The Labute approximate surface area is 104 Å². The minimum absolute atomic E-state index is 0.154. The highest BCUT2D eigenvalue weighted by Gasteiger charge is 2.20. The second kappa shape index (κ2) is 5.65. The molecule has 6 heteroatoms. The summed E-state index contributed by atoms with van der Waals surface area (Å²) in [5, 5.41) is 0.441. The van der Waals surface area contributed by atoms with Gasteiger partial charge in [-0.2, -0.15) is 0 Å². The van der Waals surface area contributed by atoms with E-state index >= 15 is 0 Å². The molecule has 0 saturated carbocycles. The van der Waals surface area contributed by atoms with E-state index in [4.69, 9.17) is 23.1 Å². The van der Waals surface area contributed by atoms with E-state index in [1.54, 1.807) is 6.07 Å². The molecular weight excluding hydrogens is 244 g/mol. The van der Waals surface area contributed by atoms with Gasteiger partial charge in [0.1, 0.15) is 6.04 Å². The van der Waals surface area contributed by atoms with Crippen molar-refractivity contribution in [2.24, 2.45) is 5.73 Å². The van der Waals surface area contributed by atoms with Crippen LogP contribution in [0.5, 0.6) is 0 Å². The number of Topliss-reactive ketones (excluding diaryl/α,β-unsaturated/α-hetero) is 1. The molecule has 0 heterocycles. The summed E-state index contributed by atoms with van der Waals surface area (Å²) in [6.07, 6.45) is -0.154. The van der Waals surface area contributed by atoms with Crippen LogP contribution >= 0.6 is 11.6 Å². The molecule has 0 aliphatic rings. The van der Waals surface area contributed by atoms with Crippen LogP contribution in [0.1, 0.15) is 16.8 Å². The highest BCUT2D eigenvalue weighted by molar-refractivity contribution is 6.31. The van der Waals surface area contributed by atoms with E-state index in [1.807, 2.05) is 0 Å². The zero-order chi connectivity index (χ0) is 13.0. The molecule has 17 heavy (non-hydrogen) atoms. The summed E-state index contributed by atoms with van der Waals surface area (Å²) in [5.74, 6) is -0.956. The number of ether oxygens (including phenoxy) is 1. The molecule has 1 aromatic carbocycles. The quantitative estimate of drug-likeness (QED) is 0.476. The van der Waals surface area contributed by atoms with Crippen LogP contribution in [0.2, 0.25) is 5.02 Å². The van der Waals surface area contributed by atoms with Gasteiger partial charge in [-0.1, -0.05) is 11.6 Å². The molecule has 1 aromatic rings. The summed E-state index contributed by atoms with van der Waals surface area (Å²) in [6.45, 7) is 0. The van der Waals surface area contributed by atoms with Crippen LogP contribution < -0.4 is 11.5 Å². The van der Waals surface area contributed by atoms with Gasteiger partial charge in [0.25, 0.3) is 0 Å². The van der Waals surface area contributed by atoms with Crippen LogP contribution in [0.15, 0.2) is 18.2 Å². The standard InChI is InChI=1S/C11H13ClN2O3/c1-17-11(16)9(14)5-10(15)7-3-2-6(12)4-8(7)13/h2-4,9H,5,13-14H2,1H3/t9-/m0/s1. The third-order valence-electron chi connectivity index (χ3n) is 2.22. The molecule has 0 radical (unpaired) electrons. The smallest absolute Gasteiger partial charge is 0.323 e. The molecule has 1 rings (SSSR count). The van der Waals surface area contributed by atoms with Crippen molar-refractivity contribution in [3.8, 4) is 0 Å². The van der Waals surface area contributed by atoms with E-state index < -0.39 is 12.0 Å². The lowest BCUT2D eigenvalue weighted by Gasteiger charge is -2.09. The first-order valence-corrected chi connectivity index (χ1v) is 5.25. The number of nitrogens with two attached hydrogens (primary N) is 2. The lowest BCUT2D eigenvalue weighted by Crippen LogP contribution is -2.34. The predicted molar refractivity (Wildman–Crippen MR) is 64.8 cm³/mol. The largest absolute Gasteiger partial charge is 0.468 e. The monoisotopic (exact) mass is 256 g/mol. The van der Waals surface area contributed by atoms with Gasteiger partial charge in [0.2, 0.25) is 0 Å². The fourth-order valence-electron chi connectivity index (χ4n) is 1.33. The summed E-state index contributed by atoms with van der Waals surface area (Å²) < 4.78 is 4.43. The Bertz CT molecular complexity index is 448. The minimum atomic E-state index is -0.984. The molecule has 0 saturated heterocycles. The fourth-order valence-corrected chi connectivity index (χ4v) is 1.51. The number of carbonyl (C=O) groups excluding carboxylic acids is 2. The maximum Gasteiger partial charge on any atom is 0.323 e. The molecule has 0 unspecified atom stereocenters. The molecule has 5 nitrogen and oxygen atoms in total. The Morgan fingerprint density at radius 1 is 1.47 bits per heavy atom. The Hall–Kier alpha value is -1.59. The Morgan fingerprint density at radius 2 is 2.12 bits per heavy atom. The number of benzene rings is 1. The van der Waals surface area contributed by atoms with Gasteiger partial charge in [0.15, 0.2) is 5.78 Å². The van der Waals surface area contributed by atoms with Gasteiger partial charge in [-0.25, -0.2) is 0 Å². The number of rotatable bonds is 4. The topological polar surface area (TPSA) is 95.4 Å². The number of halogens is 1. The normalized spacial score (nSPS) is 11.9. The fraction of sp³-hybridized carbons (Fsp3) is 0.273. The SMILES string of the molecule is COC(=O)[C@@H](N)CC(=O)c1ccc(Cl)cc1N. The van der Waals surface area contributed by atoms with Gasteiger partial charge >= 0.3 is 5.97 Å². The number of nitrogen functional groups attached to an aromatic ring is 1. The van der Waals surface area contributed by atoms with Gasteiger partial charge < -0.3 is 16.2 Å². The summed E-state index contributed by atoms with van der Waals surface area (Å²) >= 11 is 5.71. The van der Waals surface area contributed by atoms with Gasteiger partial charge in [-0.3, -0.25) is 9.59 Å². The van der Waals surface area contributed by atoms with Gasteiger partial charge in [-0.15, -0.1) is 0 Å². The van der Waals surface area contributed by atoms with Crippen molar-refractivity contribution in [2.45, 2.75) is 12.5 Å². The first-order chi connectivity index (χ1) is 7.95. The van der Waals surface area contributed by atoms with Gasteiger partial charge in [0.05, 0.1) is 7.11 Å². The van der Waals surface area contributed by atoms with Crippen molar-refractivity contribution in [1.29, 1.82) is 0 Å². The maximum atomic E-state index is 11.8. The average molecular weight is 257 g/mol. The van der Waals surface area contributed by atoms with E-state index in [9.17, 15) is 9.59 Å². The molecule has 0 bridgehead atoms. The van der Waals surface area contributed by atoms with Crippen LogP contribution in [-0.2, 0) is 9.53 Å². The average Bonchev–Trinajstić information content (AvgIpc) is 2.27. The second-order valence-corrected chi connectivity index (χ2v) is 3.92. The number of carbonyl (C=O) groups is 2. The second-order valence-electron chi connectivity index (χ2n) is 3.49. The molecule has 0 spiro atoms. The first kappa shape index (κ1) is 13.5. The zero-order valence-corrected chi connectivity index (χ0v) is 10.0. The summed E-state index contributed by atoms with van der Waals surface area (Å²) in [7, 11) is 1.21. The predicted octanol–water partition coefficient (Wildman–Crippen LogP) is 0.995. The van der Waals surface area contributed by atoms with Crippen molar-refractivity contribution in [3.05, 3.63) is 28.8 Å². The molecule has 0 amide bonds. The molecule has 0 aromatic heterocycles. The Morgan fingerprint density at radius 3 is 2.65 bits per heavy atom. The lowest BCUT2D eigenvalue weighted by atomic mass is 10.0. The Kier molecular flexibility index (Phi) is 4.48. The van der Waals surface area contributed by atoms with Crippen LogP contribution in [0.25, 0.3) is 0 Å². The van der Waals surface area contributed by atoms with Crippen molar-refractivity contribution in [2.75, 3.05) is 12.8 Å². The third kappa shape index (κ3) is 3.44. The van der Waals surface area contributed by atoms with Crippen LogP contribution in [0, 0.1) is 0 Å². The van der Waals surface area contributed by atoms with Crippen LogP contribution in [0.4, 0.5) is 5.69 Å². The zero-order valence-electron chi connectivity index (χ0n) is 9.27. The summed E-state index contributed by atoms with van der Waals surface area (Å²) in [5.41, 5.74) is 11.7. The van der Waals surface area contributed by atoms with Crippen molar-refractivity contribution in [1.82, 2.24) is 0 Å². The minimum Gasteiger partial charge on any atom is -0.468 e. The number of hydrogen-bond acceptors (Lipinski definition) is 5. The first-order valence-electron chi connectivity index (χ1n) is 4.87. The number of hydrogen-bond donors (Lipinski definition) is 2. The van der Waals surface area contributed by atoms with Gasteiger partial charge in [-0.05, 0) is 18.2 Å². The van der Waals surface area contributed by atoms with Crippen molar-refractivity contribution in [3.63, 3.8) is 0 Å². The molecule has 92 valence electrons. The van der Waals surface area contributed by atoms with Crippen molar-refractivity contribution >= 4 is 29.0 Å². The number of methoxy groups -OCH3 is 1. The number of ketones is 1. The van der Waals surface area contributed by atoms with E-state index in [2.05, 4.69) is 4.74 Å². The van der Waals surface area contributed by atoms with Gasteiger partial charge in [0, 0.05) is 22.7 Å². The highest BCUT2D eigenvalue weighted by atomic mass is 35.5. The summed E-state index contributed by atoms with van der Waals surface area (Å²) in [4.78, 5) is 22.9.